The van der Waals surface area contributed by atoms with E-state index in [4.69, 9.17) is 0 Å². The summed E-state index contributed by atoms with van der Waals surface area (Å²) in [5, 5.41) is 3.51. The number of benzene rings is 1. The Hall–Kier alpha value is -0.860. The molecule has 2 aliphatic rings. The van der Waals surface area contributed by atoms with Gasteiger partial charge in [-0.2, -0.15) is 0 Å². The average Bonchev–Trinajstić information content (AvgIpc) is 2.93. The van der Waals surface area contributed by atoms with Gasteiger partial charge in [0.1, 0.15) is 0 Å². The summed E-state index contributed by atoms with van der Waals surface area (Å²) < 4.78 is 0. The molecule has 0 bridgehead atoms. The molecule has 1 aliphatic carbocycles. The van der Waals surface area contributed by atoms with Crippen molar-refractivity contribution in [3.8, 4) is 0 Å². The van der Waals surface area contributed by atoms with E-state index in [2.05, 4.69) is 35.3 Å². The molecule has 0 radical (unpaired) electrons. The van der Waals surface area contributed by atoms with E-state index in [1.807, 2.05) is 0 Å². The van der Waals surface area contributed by atoms with E-state index in [0.717, 1.165) is 19.0 Å². The Bertz CT molecular complexity index is 441. The third kappa shape index (κ3) is 3.42. The highest BCUT2D eigenvalue weighted by atomic mass is 15.1. The molecule has 110 valence electrons. The van der Waals surface area contributed by atoms with Gasteiger partial charge in [-0.15, -0.1) is 0 Å². The summed E-state index contributed by atoms with van der Waals surface area (Å²) in [6.45, 7) is 8.18. The van der Waals surface area contributed by atoms with Crippen LogP contribution in [0.5, 0.6) is 0 Å². The molecule has 1 fully saturated rings. The van der Waals surface area contributed by atoms with Crippen LogP contribution in [0.4, 0.5) is 0 Å². The zero-order chi connectivity index (χ0) is 13.8. The summed E-state index contributed by atoms with van der Waals surface area (Å²) in [6, 6.07) is 7.20. The lowest BCUT2D eigenvalue weighted by Gasteiger charge is -2.33. The second-order valence-electron chi connectivity index (χ2n) is 6.51. The van der Waals surface area contributed by atoms with Crippen molar-refractivity contribution in [1.29, 1.82) is 0 Å². The zero-order valence-corrected chi connectivity index (χ0v) is 12.8. The highest BCUT2D eigenvalue weighted by Gasteiger charge is 2.20. The molecule has 0 spiro atoms. The first kappa shape index (κ1) is 14.1. The van der Waals surface area contributed by atoms with Gasteiger partial charge in [-0.3, -0.25) is 4.90 Å². The van der Waals surface area contributed by atoms with Crippen LogP contribution in [0.1, 0.15) is 42.9 Å². The van der Waals surface area contributed by atoms with Crippen LogP contribution in [0, 0.1) is 5.92 Å². The van der Waals surface area contributed by atoms with Crippen molar-refractivity contribution in [3.63, 3.8) is 0 Å². The van der Waals surface area contributed by atoms with Crippen LogP contribution in [-0.4, -0.2) is 31.1 Å². The van der Waals surface area contributed by atoms with Crippen LogP contribution < -0.4 is 5.32 Å². The van der Waals surface area contributed by atoms with E-state index in [1.54, 1.807) is 11.1 Å². The molecule has 0 saturated carbocycles. The number of likely N-dealkylation sites (tertiary alicyclic amines) is 1. The Morgan fingerprint density at radius 3 is 3.00 bits per heavy atom. The standard InChI is InChI=1S/C18H28N2/c1-2-19-12-16-5-4-10-20(14-16)13-15-8-9-17-6-3-7-18(17)11-15/h8-9,11,16,19H,2-7,10,12-14H2,1H3. The molecule has 1 N–H and O–H groups in total. The topological polar surface area (TPSA) is 15.3 Å². The molecule has 1 saturated heterocycles. The predicted octanol–water partition coefficient (Wildman–Crippen LogP) is 3.00. The van der Waals surface area contributed by atoms with E-state index in [-0.39, 0.29) is 0 Å². The van der Waals surface area contributed by atoms with Crippen LogP contribution in [0.15, 0.2) is 18.2 Å². The van der Waals surface area contributed by atoms with Crippen LogP contribution in [-0.2, 0) is 19.4 Å². The van der Waals surface area contributed by atoms with Gasteiger partial charge in [0, 0.05) is 13.1 Å². The fourth-order valence-electron chi connectivity index (χ4n) is 3.79. The van der Waals surface area contributed by atoms with E-state index >= 15 is 0 Å². The van der Waals surface area contributed by atoms with Gasteiger partial charge in [0.25, 0.3) is 0 Å². The first-order valence-corrected chi connectivity index (χ1v) is 8.39. The van der Waals surface area contributed by atoms with Crippen molar-refractivity contribution in [2.24, 2.45) is 5.92 Å². The summed E-state index contributed by atoms with van der Waals surface area (Å²) >= 11 is 0. The van der Waals surface area contributed by atoms with Gasteiger partial charge in [0.15, 0.2) is 0 Å². The van der Waals surface area contributed by atoms with Crippen molar-refractivity contribution < 1.29 is 0 Å². The van der Waals surface area contributed by atoms with Crippen LogP contribution in [0.2, 0.25) is 0 Å². The Labute approximate surface area is 123 Å². The van der Waals surface area contributed by atoms with Crippen molar-refractivity contribution in [1.82, 2.24) is 10.2 Å². The molecule has 3 rings (SSSR count). The highest BCUT2D eigenvalue weighted by molar-refractivity contribution is 5.35. The first-order valence-electron chi connectivity index (χ1n) is 8.39. The van der Waals surface area contributed by atoms with Gasteiger partial charge in [-0.1, -0.05) is 25.1 Å². The van der Waals surface area contributed by atoms with Crippen molar-refractivity contribution >= 4 is 0 Å². The summed E-state index contributed by atoms with van der Waals surface area (Å²) in [5.74, 6) is 0.845. The fourth-order valence-corrected chi connectivity index (χ4v) is 3.79. The summed E-state index contributed by atoms with van der Waals surface area (Å²) in [5.41, 5.74) is 4.73. The van der Waals surface area contributed by atoms with Gasteiger partial charge in [-0.05, 0) is 74.3 Å². The molecule has 1 aromatic carbocycles. The Kier molecular flexibility index (Phi) is 4.74. The number of nitrogens with zero attached hydrogens (tertiary/aromatic N) is 1. The molecule has 2 nitrogen and oxygen atoms in total. The number of nitrogens with one attached hydrogen (secondary N) is 1. The van der Waals surface area contributed by atoms with Crippen molar-refractivity contribution in [2.45, 2.75) is 45.6 Å². The smallest absolute Gasteiger partial charge is 0.0233 e. The van der Waals surface area contributed by atoms with Crippen LogP contribution in [0.3, 0.4) is 0 Å². The second kappa shape index (κ2) is 6.73. The molecule has 2 heteroatoms. The molecule has 20 heavy (non-hydrogen) atoms. The maximum absolute atomic E-state index is 3.51. The van der Waals surface area contributed by atoms with Gasteiger partial charge >= 0.3 is 0 Å². The summed E-state index contributed by atoms with van der Waals surface area (Å²) in [6.07, 6.45) is 6.71. The Balaban J connectivity index is 1.57. The van der Waals surface area contributed by atoms with Crippen molar-refractivity contribution in [2.75, 3.05) is 26.2 Å². The molecule has 1 atom stereocenters. The third-order valence-corrected chi connectivity index (χ3v) is 4.86. The van der Waals surface area contributed by atoms with Gasteiger partial charge in [0.05, 0.1) is 0 Å². The number of rotatable bonds is 5. The summed E-state index contributed by atoms with van der Waals surface area (Å²) in [7, 11) is 0. The monoisotopic (exact) mass is 272 g/mol. The molecular formula is C18H28N2. The van der Waals surface area contributed by atoms with E-state index < -0.39 is 0 Å². The number of hydrogen-bond acceptors (Lipinski definition) is 2. The lowest BCUT2D eigenvalue weighted by atomic mass is 9.97. The summed E-state index contributed by atoms with van der Waals surface area (Å²) in [4.78, 5) is 2.65. The molecule has 1 heterocycles. The minimum absolute atomic E-state index is 0.845. The normalized spacial score (nSPS) is 22.9. The van der Waals surface area contributed by atoms with E-state index in [0.29, 0.717) is 0 Å². The lowest BCUT2D eigenvalue weighted by Crippen LogP contribution is -2.39. The van der Waals surface area contributed by atoms with Gasteiger partial charge in [-0.25, -0.2) is 0 Å². The zero-order valence-electron chi connectivity index (χ0n) is 12.8. The van der Waals surface area contributed by atoms with Crippen molar-refractivity contribution in [3.05, 3.63) is 34.9 Å². The number of piperidine rings is 1. The van der Waals surface area contributed by atoms with E-state index in [9.17, 15) is 0 Å². The molecule has 1 unspecified atom stereocenters. The molecule has 1 aliphatic heterocycles. The number of hydrogen-bond donors (Lipinski definition) is 1. The fraction of sp³-hybridized carbons (Fsp3) is 0.667. The Morgan fingerprint density at radius 1 is 1.20 bits per heavy atom. The Morgan fingerprint density at radius 2 is 2.10 bits per heavy atom. The molecule has 0 amide bonds. The average molecular weight is 272 g/mol. The minimum atomic E-state index is 0.845. The molecule has 1 aromatic rings. The van der Waals surface area contributed by atoms with Crippen LogP contribution in [0.25, 0.3) is 0 Å². The van der Waals surface area contributed by atoms with Gasteiger partial charge < -0.3 is 5.32 Å². The second-order valence-corrected chi connectivity index (χ2v) is 6.51. The quantitative estimate of drug-likeness (QED) is 0.886. The number of aryl methyl sites for hydroxylation is 2. The largest absolute Gasteiger partial charge is 0.317 e. The van der Waals surface area contributed by atoms with Gasteiger partial charge in [0.2, 0.25) is 0 Å². The first-order chi connectivity index (χ1) is 9.85. The minimum Gasteiger partial charge on any atom is -0.317 e. The molecule has 0 aromatic heterocycles. The molecular weight excluding hydrogens is 244 g/mol. The van der Waals surface area contributed by atoms with Crippen LogP contribution >= 0.6 is 0 Å². The lowest BCUT2D eigenvalue weighted by molar-refractivity contribution is 0.166. The maximum Gasteiger partial charge on any atom is 0.0233 e. The SMILES string of the molecule is CCNCC1CCCN(Cc2ccc3c(c2)CCC3)C1. The van der Waals surface area contributed by atoms with E-state index in [1.165, 1.54) is 57.3 Å². The maximum atomic E-state index is 3.51. The number of fused-ring (bicyclic) bond motifs is 1. The highest BCUT2D eigenvalue weighted by Crippen LogP contribution is 2.24. The predicted molar refractivity (Wildman–Crippen MR) is 85.0 cm³/mol. The third-order valence-electron chi connectivity index (χ3n) is 4.86.